The number of aryl methyl sites for hydroxylation is 1. The van der Waals surface area contributed by atoms with Gasteiger partial charge in [0.1, 0.15) is 30.6 Å². The summed E-state index contributed by atoms with van der Waals surface area (Å²) in [5, 5.41) is 14.5. The number of fused-ring (bicyclic) bond motifs is 1. The molecule has 1 aromatic heterocycles. The molecule has 0 spiro atoms. The van der Waals surface area contributed by atoms with Gasteiger partial charge in [0.25, 0.3) is 0 Å². The van der Waals surface area contributed by atoms with Crippen LogP contribution in [0.15, 0.2) is 54.6 Å². The van der Waals surface area contributed by atoms with Crippen LogP contribution in [0.1, 0.15) is 39.5 Å². The Morgan fingerprint density at radius 1 is 1.18 bits per heavy atom. The summed E-state index contributed by atoms with van der Waals surface area (Å²) < 4.78 is 13.5. The van der Waals surface area contributed by atoms with E-state index in [4.69, 9.17) is 9.47 Å². The Morgan fingerprint density at radius 3 is 2.59 bits per heavy atom. The van der Waals surface area contributed by atoms with Gasteiger partial charge in [0.05, 0.1) is 0 Å². The van der Waals surface area contributed by atoms with Gasteiger partial charge in [-0.25, -0.2) is 0 Å². The lowest BCUT2D eigenvalue weighted by Crippen LogP contribution is -2.41. The van der Waals surface area contributed by atoms with Crippen LogP contribution >= 0.6 is 0 Å². The van der Waals surface area contributed by atoms with E-state index in [-0.39, 0.29) is 25.1 Å². The zero-order valence-corrected chi connectivity index (χ0v) is 20.4. The zero-order chi connectivity index (χ0) is 24.1. The molecule has 182 valence electrons. The molecule has 0 amide bonds. The van der Waals surface area contributed by atoms with E-state index in [0.29, 0.717) is 5.75 Å². The van der Waals surface area contributed by atoms with Crippen LogP contribution < -0.4 is 10.1 Å². The fourth-order valence-electron chi connectivity index (χ4n) is 4.63. The number of hydrogen-bond acceptors (Lipinski definition) is 5. The van der Waals surface area contributed by atoms with Gasteiger partial charge in [-0.3, -0.25) is 4.79 Å². The van der Waals surface area contributed by atoms with Crippen molar-refractivity contribution >= 4 is 16.9 Å². The van der Waals surface area contributed by atoms with E-state index in [2.05, 4.69) is 59.3 Å². The largest absolute Gasteiger partial charge is 0.491 e. The lowest BCUT2D eigenvalue weighted by atomic mass is 10.1. The number of unbranched alkanes of at least 4 members (excludes halogenated alkanes) is 2. The Hall–Kier alpha value is -2.83. The molecule has 6 nitrogen and oxygen atoms in total. The Kier molecular flexibility index (Phi) is 7.59. The highest BCUT2D eigenvalue weighted by Gasteiger charge is 2.57. The molecular formula is C28H36N2O4. The van der Waals surface area contributed by atoms with Crippen molar-refractivity contribution in [2.24, 2.45) is 5.92 Å². The van der Waals surface area contributed by atoms with Crippen LogP contribution in [0.2, 0.25) is 0 Å². The maximum absolute atomic E-state index is 12.3. The van der Waals surface area contributed by atoms with Crippen molar-refractivity contribution in [3.63, 3.8) is 0 Å². The number of para-hydroxylation sites is 1. The summed E-state index contributed by atoms with van der Waals surface area (Å²) in [4.78, 5) is 12.3. The monoisotopic (exact) mass is 464 g/mol. The van der Waals surface area contributed by atoms with Crippen LogP contribution in [-0.4, -0.2) is 47.5 Å². The Labute approximate surface area is 201 Å². The van der Waals surface area contributed by atoms with Gasteiger partial charge >= 0.3 is 5.97 Å². The molecule has 34 heavy (non-hydrogen) atoms. The van der Waals surface area contributed by atoms with Crippen molar-refractivity contribution in [1.82, 2.24) is 9.88 Å². The fraction of sp³-hybridized carbons (Fsp3) is 0.464. The minimum absolute atomic E-state index is 0.0615. The van der Waals surface area contributed by atoms with Crippen LogP contribution in [0.4, 0.5) is 0 Å². The third-order valence-electron chi connectivity index (χ3n) is 6.91. The fourth-order valence-corrected chi connectivity index (χ4v) is 4.63. The molecule has 1 aliphatic carbocycles. The summed E-state index contributed by atoms with van der Waals surface area (Å²) in [5.74, 6) is 0.618. The number of benzene rings is 2. The first-order valence-electron chi connectivity index (χ1n) is 12.3. The summed E-state index contributed by atoms with van der Waals surface area (Å²) in [6.45, 7) is 5.21. The normalized spacial score (nSPS) is 20.3. The quantitative estimate of drug-likeness (QED) is 0.298. The maximum atomic E-state index is 12.3. The molecule has 0 aliphatic heterocycles. The molecule has 2 aromatic carbocycles. The Bertz CT molecular complexity index is 1100. The van der Waals surface area contributed by atoms with E-state index in [9.17, 15) is 9.90 Å². The second kappa shape index (κ2) is 10.6. The van der Waals surface area contributed by atoms with Crippen LogP contribution in [0, 0.1) is 5.92 Å². The van der Waals surface area contributed by atoms with Gasteiger partial charge in [0, 0.05) is 23.1 Å². The first kappa shape index (κ1) is 24.3. The van der Waals surface area contributed by atoms with E-state index in [1.807, 2.05) is 19.1 Å². The number of rotatable bonds is 12. The number of ether oxygens (including phenoxy) is 2. The predicted molar refractivity (Wildman–Crippen MR) is 135 cm³/mol. The van der Waals surface area contributed by atoms with E-state index in [1.54, 1.807) is 7.05 Å². The number of aliphatic hydroxyl groups excluding tert-OH is 1. The van der Waals surface area contributed by atoms with Gasteiger partial charge in [-0.2, -0.15) is 0 Å². The third kappa shape index (κ3) is 5.13. The summed E-state index contributed by atoms with van der Waals surface area (Å²) in [6.07, 6.45) is 3.44. The van der Waals surface area contributed by atoms with Crippen LogP contribution in [0.5, 0.6) is 5.75 Å². The molecular weight excluding hydrogens is 428 g/mol. The second-order valence-corrected chi connectivity index (χ2v) is 9.36. The van der Waals surface area contributed by atoms with E-state index in [0.717, 1.165) is 24.9 Å². The lowest BCUT2D eigenvalue weighted by Gasteiger charge is -2.17. The Balaban J connectivity index is 1.36. The second-order valence-electron chi connectivity index (χ2n) is 9.36. The number of carbonyl (C=O) groups is 1. The van der Waals surface area contributed by atoms with Crippen molar-refractivity contribution in [2.75, 3.05) is 20.3 Å². The minimum Gasteiger partial charge on any atom is -0.491 e. The summed E-state index contributed by atoms with van der Waals surface area (Å²) >= 11 is 0. The summed E-state index contributed by atoms with van der Waals surface area (Å²) in [7, 11) is 1.76. The first-order chi connectivity index (χ1) is 16.5. The van der Waals surface area contributed by atoms with Gasteiger partial charge in [-0.05, 0) is 67.8 Å². The minimum atomic E-state index is -0.882. The third-order valence-corrected chi connectivity index (χ3v) is 6.91. The number of esters is 1. The Morgan fingerprint density at radius 2 is 1.91 bits per heavy atom. The van der Waals surface area contributed by atoms with Gasteiger partial charge in [-0.1, -0.05) is 44.9 Å². The molecule has 0 radical (unpaired) electrons. The number of aromatic nitrogens is 1. The van der Waals surface area contributed by atoms with Gasteiger partial charge in [0.2, 0.25) is 0 Å². The molecule has 1 saturated carbocycles. The SMILES string of the molecule is CCCCCn1c(-c2ccc(OCC(O)COC(=O)C3(NC)CC3C)cc2)cc2ccccc21. The smallest absolute Gasteiger partial charge is 0.326 e. The molecule has 2 N–H and O–H groups in total. The standard InChI is InChI=1S/C28H36N2O4/c1-4-5-8-15-30-25-10-7-6-9-22(25)16-26(30)21-11-13-24(14-12-21)33-18-23(31)19-34-27(32)28(29-3)17-20(28)2/h6-7,9-14,16,20,23,29,31H,4-5,8,15,17-19H2,1-3H3. The zero-order valence-electron chi connectivity index (χ0n) is 20.4. The molecule has 3 atom stereocenters. The average Bonchev–Trinajstić information content (AvgIpc) is 3.40. The predicted octanol–water partition coefficient (Wildman–Crippen LogP) is 4.78. The van der Waals surface area contributed by atoms with Crippen LogP contribution in [0.3, 0.4) is 0 Å². The van der Waals surface area contributed by atoms with Crippen LogP contribution in [-0.2, 0) is 16.1 Å². The molecule has 1 fully saturated rings. The highest BCUT2D eigenvalue weighted by Crippen LogP contribution is 2.43. The van der Waals surface area contributed by atoms with Crippen molar-refractivity contribution in [2.45, 2.75) is 57.7 Å². The molecule has 4 rings (SSSR count). The van der Waals surface area contributed by atoms with E-state index >= 15 is 0 Å². The van der Waals surface area contributed by atoms with Crippen molar-refractivity contribution in [3.8, 4) is 17.0 Å². The summed E-state index contributed by atoms with van der Waals surface area (Å²) in [5.41, 5.74) is 3.00. The number of nitrogens with one attached hydrogen (secondary N) is 1. The number of aliphatic hydroxyl groups is 1. The molecule has 0 saturated heterocycles. The summed E-state index contributed by atoms with van der Waals surface area (Å²) in [6, 6.07) is 18.7. The highest BCUT2D eigenvalue weighted by atomic mass is 16.6. The van der Waals surface area contributed by atoms with Gasteiger partial charge < -0.3 is 24.5 Å². The molecule has 6 heteroatoms. The van der Waals surface area contributed by atoms with E-state index < -0.39 is 11.6 Å². The van der Waals surface area contributed by atoms with Gasteiger partial charge in [-0.15, -0.1) is 0 Å². The highest BCUT2D eigenvalue weighted by molar-refractivity contribution is 5.87. The number of nitrogens with zero attached hydrogens (tertiary/aromatic N) is 1. The molecule has 1 heterocycles. The molecule has 0 bridgehead atoms. The average molecular weight is 465 g/mol. The first-order valence-corrected chi connectivity index (χ1v) is 12.3. The van der Waals surface area contributed by atoms with E-state index in [1.165, 1.54) is 29.4 Å². The maximum Gasteiger partial charge on any atom is 0.326 e. The topological polar surface area (TPSA) is 72.7 Å². The number of carbonyl (C=O) groups excluding carboxylic acids is 1. The van der Waals surface area contributed by atoms with Crippen molar-refractivity contribution in [3.05, 3.63) is 54.6 Å². The van der Waals surface area contributed by atoms with Crippen molar-refractivity contribution in [1.29, 1.82) is 0 Å². The molecule has 3 aromatic rings. The van der Waals surface area contributed by atoms with Gasteiger partial charge in [0.15, 0.2) is 0 Å². The number of likely N-dealkylation sites (N-methyl/N-ethyl adjacent to an activating group) is 1. The lowest BCUT2D eigenvalue weighted by molar-refractivity contribution is -0.151. The molecule has 3 unspecified atom stereocenters. The number of hydrogen-bond donors (Lipinski definition) is 2. The van der Waals surface area contributed by atoms with Crippen molar-refractivity contribution < 1.29 is 19.4 Å². The molecule has 1 aliphatic rings. The van der Waals surface area contributed by atoms with Crippen LogP contribution in [0.25, 0.3) is 22.2 Å².